The number of nitrogens with one attached hydrogen (secondary N) is 3. The Labute approximate surface area is 306 Å². The summed E-state index contributed by atoms with van der Waals surface area (Å²) in [6.45, 7) is 4.29. The van der Waals surface area contributed by atoms with E-state index in [0.717, 1.165) is 115 Å². The molecule has 2 aliphatic carbocycles. The average Bonchev–Trinajstić information content (AvgIpc) is 3.16. The van der Waals surface area contributed by atoms with E-state index >= 15 is 0 Å². The van der Waals surface area contributed by atoms with E-state index in [1.54, 1.807) is 12.1 Å². The number of H-pyrrole nitrogens is 1. The van der Waals surface area contributed by atoms with Crippen LogP contribution in [0.5, 0.6) is 5.75 Å². The number of benzene rings is 2. The zero-order valence-electron chi connectivity index (χ0n) is 30.4. The summed E-state index contributed by atoms with van der Waals surface area (Å²) in [5.41, 5.74) is 2.40. The van der Waals surface area contributed by atoms with Gasteiger partial charge in [0.15, 0.2) is 0 Å². The largest absolute Gasteiger partial charge is 0.506 e. The van der Waals surface area contributed by atoms with Crippen molar-refractivity contribution in [2.24, 2.45) is 11.8 Å². The fourth-order valence-electron chi connectivity index (χ4n) is 9.43. The summed E-state index contributed by atoms with van der Waals surface area (Å²) in [4.78, 5) is 43.7. The molecule has 10 nitrogen and oxygen atoms in total. The third-order valence-corrected chi connectivity index (χ3v) is 12.5. The predicted molar refractivity (Wildman–Crippen MR) is 201 cm³/mol. The molecule has 5 N–H and O–H groups in total. The summed E-state index contributed by atoms with van der Waals surface area (Å²) in [5, 5.41) is 28.3. The maximum atomic E-state index is 14.0. The van der Waals surface area contributed by atoms with E-state index < -0.39 is 11.5 Å². The van der Waals surface area contributed by atoms with Crippen molar-refractivity contribution < 1.29 is 24.5 Å². The Morgan fingerprint density at radius 3 is 2.52 bits per heavy atom. The van der Waals surface area contributed by atoms with Gasteiger partial charge in [0.05, 0.1) is 17.0 Å². The van der Waals surface area contributed by atoms with Gasteiger partial charge < -0.3 is 30.6 Å². The smallest absolute Gasteiger partial charge is 0.316 e. The molecule has 4 heterocycles. The van der Waals surface area contributed by atoms with E-state index in [-0.39, 0.29) is 35.3 Å². The van der Waals surface area contributed by atoms with Gasteiger partial charge in [-0.2, -0.15) is 0 Å². The zero-order chi connectivity index (χ0) is 36.1. The summed E-state index contributed by atoms with van der Waals surface area (Å²) >= 11 is 0. The molecular formula is C42H56N4O6. The number of fused-ring (bicyclic) bond motifs is 4. The Morgan fingerprint density at radius 1 is 0.981 bits per heavy atom. The Bertz CT molecular complexity index is 1750. The van der Waals surface area contributed by atoms with Gasteiger partial charge in [0.2, 0.25) is 11.5 Å². The second-order valence-corrected chi connectivity index (χ2v) is 16.0. The molecule has 1 aromatic heterocycles. The van der Waals surface area contributed by atoms with E-state index in [0.29, 0.717) is 41.3 Å². The van der Waals surface area contributed by atoms with Crippen LogP contribution in [0.1, 0.15) is 106 Å². The molecule has 8 rings (SSSR count). The molecule has 52 heavy (non-hydrogen) atoms. The van der Waals surface area contributed by atoms with Gasteiger partial charge in [0.25, 0.3) is 0 Å². The summed E-state index contributed by atoms with van der Waals surface area (Å²) in [7, 11) is 0. The molecule has 10 heteroatoms. The lowest BCUT2D eigenvalue weighted by molar-refractivity contribution is -0.167. The fraction of sp³-hybridized carbons (Fsp3) is 0.595. The van der Waals surface area contributed by atoms with E-state index in [1.807, 2.05) is 0 Å². The lowest BCUT2D eigenvalue weighted by atomic mass is 9.69. The van der Waals surface area contributed by atoms with Gasteiger partial charge in [-0.05, 0) is 125 Å². The van der Waals surface area contributed by atoms with Crippen LogP contribution in [0.4, 0.5) is 0 Å². The molecule has 3 aliphatic heterocycles. The standard InChI is InChI=1S/C42H56N4O6/c47-35-16-14-33(34-15-17-39(50)45-40(34)35)36(48)26-43-25-29-10-12-32(13-11-29)44-38(49)9-5-7-28-6-4-8-31(24-28)42(20-2-1-3-21-42)41(51)52-37-27-46-22-18-30(37)19-23-46/h4,6,8,14-17,24,29-30,32,36-37,43,47-48H,1-3,5,7,9-13,18-23,25-27H2,(H,44,49)(H,45,50)/t29-,32-,36-,37-/m0/s1. The first-order valence-electron chi connectivity index (χ1n) is 19.8. The van der Waals surface area contributed by atoms with Gasteiger partial charge in [0, 0.05) is 37.0 Å². The van der Waals surface area contributed by atoms with Crippen LogP contribution in [0.2, 0.25) is 0 Å². The molecule has 0 radical (unpaired) electrons. The highest BCUT2D eigenvalue weighted by Crippen LogP contribution is 2.42. The topological polar surface area (TPSA) is 144 Å². The van der Waals surface area contributed by atoms with Gasteiger partial charge in [-0.3, -0.25) is 19.3 Å². The first-order chi connectivity index (χ1) is 25.3. The maximum Gasteiger partial charge on any atom is 0.316 e. The zero-order valence-corrected chi connectivity index (χ0v) is 30.4. The van der Waals surface area contributed by atoms with E-state index in [2.05, 4.69) is 44.8 Å². The Hall–Kier alpha value is -3.73. The highest BCUT2D eigenvalue weighted by Gasteiger charge is 2.46. The maximum absolute atomic E-state index is 14.0. The van der Waals surface area contributed by atoms with Crippen molar-refractivity contribution >= 4 is 22.8 Å². The first kappa shape index (κ1) is 36.6. The number of esters is 1. The monoisotopic (exact) mass is 712 g/mol. The number of amides is 1. The van der Waals surface area contributed by atoms with Gasteiger partial charge in [-0.25, -0.2) is 0 Å². The third kappa shape index (κ3) is 8.40. The number of aryl methyl sites for hydroxylation is 1. The van der Waals surface area contributed by atoms with E-state index in [1.165, 1.54) is 17.7 Å². The van der Waals surface area contributed by atoms with Crippen molar-refractivity contribution in [3.63, 3.8) is 0 Å². The second kappa shape index (κ2) is 16.5. The number of rotatable bonds is 13. The number of carbonyl (C=O) groups is 2. The van der Waals surface area contributed by atoms with Crippen LogP contribution in [0, 0.1) is 11.8 Å². The SMILES string of the molecule is O=C(CCCc1cccc(C2(C(=O)O[C@H]3CN4CCC3CC4)CCCCC2)c1)N[C@H]1CC[C@H](CNC[C@H](O)c2ccc(O)c3[nH]c(=O)ccc23)CC1. The molecule has 2 bridgehead atoms. The molecule has 1 amide bonds. The number of phenolic OH excluding ortho intramolecular Hbond substituents is 1. The van der Waals surface area contributed by atoms with Crippen LogP contribution in [0.25, 0.3) is 10.9 Å². The average molecular weight is 713 g/mol. The second-order valence-electron chi connectivity index (χ2n) is 16.0. The minimum absolute atomic E-state index is 0.0204. The molecule has 2 atom stereocenters. The van der Waals surface area contributed by atoms with Crippen molar-refractivity contribution in [2.45, 2.75) is 114 Å². The predicted octanol–water partition coefficient (Wildman–Crippen LogP) is 5.39. The molecule has 280 valence electrons. The van der Waals surface area contributed by atoms with Crippen LogP contribution in [0.3, 0.4) is 0 Å². The van der Waals surface area contributed by atoms with E-state index in [9.17, 15) is 24.6 Å². The fourth-order valence-corrected chi connectivity index (χ4v) is 9.43. The molecule has 2 saturated carbocycles. The Kier molecular flexibility index (Phi) is 11.6. The van der Waals surface area contributed by atoms with Crippen molar-refractivity contribution in [3.8, 4) is 5.75 Å². The molecule has 5 fully saturated rings. The Morgan fingerprint density at radius 2 is 1.77 bits per heavy atom. The third-order valence-electron chi connectivity index (χ3n) is 12.5. The van der Waals surface area contributed by atoms with Crippen LogP contribution >= 0.6 is 0 Å². The number of aromatic hydroxyl groups is 1. The number of aromatic amines is 1. The lowest BCUT2D eigenvalue weighted by Crippen LogP contribution is -2.53. The number of aromatic nitrogens is 1. The molecule has 2 aromatic carbocycles. The van der Waals surface area contributed by atoms with Crippen LogP contribution in [0.15, 0.2) is 53.3 Å². The van der Waals surface area contributed by atoms with E-state index in [4.69, 9.17) is 4.74 Å². The Balaban J connectivity index is 0.836. The highest BCUT2D eigenvalue weighted by atomic mass is 16.5. The summed E-state index contributed by atoms with van der Waals surface area (Å²) in [5.74, 6) is 1.04. The summed E-state index contributed by atoms with van der Waals surface area (Å²) in [6, 6.07) is 14.9. The number of pyridine rings is 1. The highest BCUT2D eigenvalue weighted by molar-refractivity contribution is 5.87. The van der Waals surface area contributed by atoms with Crippen molar-refractivity contribution in [2.75, 3.05) is 32.7 Å². The minimum atomic E-state index is -0.781. The minimum Gasteiger partial charge on any atom is -0.506 e. The van der Waals surface area contributed by atoms with Gasteiger partial charge >= 0.3 is 5.97 Å². The summed E-state index contributed by atoms with van der Waals surface area (Å²) in [6.07, 6.45) is 12.4. The van der Waals surface area contributed by atoms with Crippen LogP contribution in [-0.4, -0.2) is 76.8 Å². The first-order valence-corrected chi connectivity index (χ1v) is 19.8. The van der Waals surface area contributed by atoms with Gasteiger partial charge in [-0.1, -0.05) is 49.6 Å². The lowest BCUT2D eigenvalue weighted by Gasteiger charge is -2.45. The molecule has 0 unspecified atom stereocenters. The molecular weight excluding hydrogens is 656 g/mol. The van der Waals surface area contributed by atoms with Crippen molar-refractivity contribution in [1.82, 2.24) is 20.5 Å². The number of carbonyl (C=O) groups excluding carboxylic acids is 2. The molecule has 3 saturated heterocycles. The number of piperidine rings is 3. The molecule has 3 aromatic rings. The van der Waals surface area contributed by atoms with Crippen LogP contribution in [-0.2, 0) is 26.2 Å². The van der Waals surface area contributed by atoms with Gasteiger partial charge in [-0.15, -0.1) is 0 Å². The number of aliphatic hydroxyl groups is 1. The molecule has 5 aliphatic rings. The number of phenols is 1. The summed E-state index contributed by atoms with van der Waals surface area (Å²) < 4.78 is 6.36. The van der Waals surface area contributed by atoms with Gasteiger partial charge in [0.1, 0.15) is 11.9 Å². The van der Waals surface area contributed by atoms with Crippen molar-refractivity contribution in [3.05, 3.63) is 75.6 Å². The van der Waals surface area contributed by atoms with Crippen LogP contribution < -0.4 is 16.2 Å². The quantitative estimate of drug-likeness (QED) is 0.149. The number of hydrogen-bond acceptors (Lipinski definition) is 8. The number of nitrogens with zero attached hydrogens (tertiary/aromatic N) is 1. The van der Waals surface area contributed by atoms with Crippen molar-refractivity contribution in [1.29, 1.82) is 0 Å². The molecule has 0 spiro atoms. The number of aliphatic hydroxyl groups excluding tert-OH is 1. The normalized spacial score (nSPS) is 26.1. The number of ether oxygens (including phenoxy) is 1. The number of hydrogen-bond donors (Lipinski definition) is 5.